The molecular weight excluding hydrogens is 214 g/mol. The van der Waals surface area contributed by atoms with Crippen molar-refractivity contribution >= 4 is 11.8 Å². The molecule has 0 spiro atoms. The van der Waals surface area contributed by atoms with E-state index in [-0.39, 0.29) is 0 Å². The molecule has 2 rings (SSSR count). The average molecular weight is 241 g/mol. The maximum atomic E-state index is 3.85. The number of nitrogens with one attached hydrogen (secondary N) is 1. The number of hydrogen-bond donors (Lipinski definition) is 1. The Morgan fingerprint density at radius 1 is 1.31 bits per heavy atom. The zero-order chi connectivity index (χ0) is 11.4. The highest BCUT2D eigenvalue weighted by atomic mass is 32.2. The summed E-state index contributed by atoms with van der Waals surface area (Å²) in [5.41, 5.74) is 0. The molecule has 0 bridgehead atoms. The minimum atomic E-state index is 0.541. The first-order chi connectivity index (χ1) is 7.72. The van der Waals surface area contributed by atoms with Crippen LogP contribution in [-0.4, -0.2) is 23.1 Å². The first-order valence-corrected chi connectivity index (χ1v) is 8.08. The largest absolute Gasteiger partial charge is 0.313 e. The van der Waals surface area contributed by atoms with E-state index in [1.54, 1.807) is 0 Å². The highest BCUT2D eigenvalue weighted by molar-refractivity contribution is 8.00. The lowest BCUT2D eigenvalue weighted by atomic mass is 9.84. The predicted molar refractivity (Wildman–Crippen MR) is 74.1 cm³/mol. The monoisotopic (exact) mass is 241 g/mol. The van der Waals surface area contributed by atoms with Gasteiger partial charge in [0, 0.05) is 17.3 Å². The van der Waals surface area contributed by atoms with Crippen molar-refractivity contribution in [3.63, 3.8) is 0 Å². The van der Waals surface area contributed by atoms with Gasteiger partial charge in [-0.1, -0.05) is 26.2 Å². The van der Waals surface area contributed by atoms with Gasteiger partial charge >= 0.3 is 0 Å². The zero-order valence-electron chi connectivity index (χ0n) is 10.9. The fourth-order valence-corrected chi connectivity index (χ4v) is 4.44. The topological polar surface area (TPSA) is 12.0 Å². The molecule has 1 aliphatic heterocycles. The Balaban J connectivity index is 1.72. The molecule has 1 aliphatic carbocycles. The molecule has 2 aliphatic rings. The van der Waals surface area contributed by atoms with Crippen molar-refractivity contribution < 1.29 is 0 Å². The van der Waals surface area contributed by atoms with Crippen molar-refractivity contribution in [2.75, 3.05) is 12.3 Å². The molecular formula is C14H27NS. The van der Waals surface area contributed by atoms with Gasteiger partial charge in [0.05, 0.1) is 0 Å². The lowest BCUT2D eigenvalue weighted by molar-refractivity contribution is 0.274. The first-order valence-electron chi connectivity index (χ1n) is 7.09. The zero-order valence-corrected chi connectivity index (χ0v) is 11.7. The van der Waals surface area contributed by atoms with Crippen LogP contribution in [0.2, 0.25) is 0 Å². The Labute approximate surface area is 105 Å². The Morgan fingerprint density at radius 3 is 2.88 bits per heavy atom. The van der Waals surface area contributed by atoms with Crippen molar-refractivity contribution in [3.8, 4) is 0 Å². The van der Waals surface area contributed by atoms with Gasteiger partial charge in [0.15, 0.2) is 0 Å². The highest BCUT2D eigenvalue weighted by Gasteiger charge is 2.30. The molecule has 2 heteroatoms. The van der Waals surface area contributed by atoms with Gasteiger partial charge in [-0.05, 0) is 44.3 Å². The highest BCUT2D eigenvalue weighted by Crippen LogP contribution is 2.37. The van der Waals surface area contributed by atoms with Gasteiger partial charge < -0.3 is 5.32 Å². The van der Waals surface area contributed by atoms with E-state index < -0.39 is 0 Å². The second kappa shape index (κ2) is 5.77. The SMILES string of the molecule is CCC1CCCC(NCC2(C)CCCS2)C1. The molecule has 1 N–H and O–H groups in total. The minimum Gasteiger partial charge on any atom is -0.313 e. The smallest absolute Gasteiger partial charge is 0.0256 e. The summed E-state index contributed by atoms with van der Waals surface area (Å²) in [6.07, 6.45) is 9.97. The summed E-state index contributed by atoms with van der Waals surface area (Å²) < 4.78 is 0.541. The Hall–Kier alpha value is 0.310. The summed E-state index contributed by atoms with van der Waals surface area (Å²) in [7, 11) is 0. The van der Waals surface area contributed by atoms with Gasteiger partial charge in [-0.25, -0.2) is 0 Å². The van der Waals surface area contributed by atoms with Gasteiger partial charge in [0.1, 0.15) is 0 Å². The van der Waals surface area contributed by atoms with Crippen LogP contribution in [0.4, 0.5) is 0 Å². The second-order valence-corrected chi connectivity index (χ2v) is 7.60. The van der Waals surface area contributed by atoms with Crippen LogP contribution in [0, 0.1) is 5.92 Å². The lowest BCUT2D eigenvalue weighted by Crippen LogP contribution is -2.41. The van der Waals surface area contributed by atoms with E-state index in [2.05, 4.69) is 30.9 Å². The molecule has 1 saturated carbocycles. The summed E-state index contributed by atoms with van der Waals surface area (Å²) in [5.74, 6) is 2.37. The van der Waals surface area contributed by atoms with Crippen molar-refractivity contribution in [1.29, 1.82) is 0 Å². The van der Waals surface area contributed by atoms with Crippen molar-refractivity contribution in [3.05, 3.63) is 0 Å². The standard InChI is InChI=1S/C14H27NS/c1-3-12-6-4-7-13(10-12)15-11-14(2)8-5-9-16-14/h12-13,15H,3-11H2,1-2H3. The molecule has 0 radical (unpaired) electrons. The Morgan fingerprint density at radius 2 is 2.19 bits per heavy atom. The second-order valence-electron chi connectivity index (χ2n) is 5.92. The summed E-state index contributed by atoms with van der Waals surface area (Å²) >= 11 is 2.18. The lowest BCUT2D eigenvalue weighted by Gasteiger charge is -2.32. The van der Waals surface area contributed by atoms with Gasteiger partial charge in [0.2, 0.25) is 0 Å². The van der Waals surface area contributed by atoms with Crippen molar-refractivity contribution in [2.24, 2.45) is 5.92 Å². The van der Waals surface area contributed by atoms with E-state index in [1.165, 1.54) is 57.2 Å². The third kappa shape index (κ3) is 3.40. The van der Waals surface area contributed by atoms with Crippen LogP contribution in [0.1, 0.15) is 58.8 Å². The Bertz CT molecular complexity index is 211. The quantitative estimate of drug-likeness (QED) is 0.803. The summed E-state index contributed by atoms with van der Waals surface area (Å²) in [6, 6.07) is 0.816. The van der Waals surface area contributed by atoms with E-state index in [0.717, 1.165) is 12.0 Å². The molecule has 2 fully saturated rings. The molecule has 1 saturated heterocycles. The summed E-state index contributed by atoms with van der Waals surface area (Å²) in [4.78, 5) is 0. The van der Waals surface area contributed by atoms with Crippen molar-refractivity contribution in [1.82, 2.24) is 5.32 Å². The van der Waals surface area contributed by atoms with Gasteiger partial charge in [-0.15, -0.1) is 0 Å². The fraction of sp³-hybridized carbons (Fsp3) is 1.00. The Kier molecular flexibility index (Phi) is 4.60. The van der Waals surface area contributed by atoms with E-state index in [9.17, 15) is 0 Å². The van der Waals surface area contributed by atoms with Crippen molar-refractivity contribution in [2.45, 2.75) is 69.6 Å². The van der Waals surface area contributed by atoms with Crippen LogP contribution in [0.15, 0.2) is 0 Å². The molecule has 0 amide bonds. The van der Waals surface area contributed by atoms with E-state index in [0.29, 0.717) is 4.75 Å². The molecule has 3 atom stereocenters. The third-order valence-electron chi connectivity index (χ3n) is 4.43. The normalized spacial score (nSPS) is 40.1. The van der Waals surface area contributed by atoms with Gasteiger partial charge in [-0.3, -0.25) is 0 Å². The predicted octanol–water partition coefficient (Wildman–Crippen LogP) is 3.83. The third-order valence-corrected chi connectivity index (χ3v) is 5.96. The molecule has 1 nitrogen and oxygen atoms in total. The molecule has 1 heterocycles. The molecule has 0 aromatic carbocycles. The maximum absolute atomic E-state index is 3.85. The minimum absolute atomic E-state index is 0.541. The van der Waals surface area contributed by atoms with Crippen LogP contribution in [0.5, 0.6) is 0 Å². The first kappa shape index (κ1) is 12.8. The number of rotatable bonds is 4. The van der Waals surface area contributed by atoms with E-state index in [4.69, 9.17) is 0 Å². The maximum Gasteiger partial charge on any atom is 0.0256 e. The molecule has 94 valence electrons. The van der Waals surface area contributed by atoms with Crippen LogP contribution >= 0.6 is 11.8 Å². The number of hydrogen-bond acceptors (Lipinski definition) is 2. The van der Waals surface area contributed by atoms with Crippen LogP contribution < -0.4 is 5.32 Å². The van der Waals surface area contributed by atoms with Crippen LogP contribution in [-0.2, 0) is 0 Å². The number of thioether (sulfide) groups is 1. The summed E-state index contributed by atoms with van der Waals surface area (Å²) in [5, 5.41) is 3.85. The fourth-order valence-electron chi connectivity index (χ4n) is 3.18. The molecule has 3 unspecified atom stereocenters. The van der Waals surface area contributed by atoms with E-state index >= 15 is 0 Å². The molecule has 0 aromatic rings. The summed E-state index contributed by atoms with van der Waals surface area (Å²) in [6.45, 7) is 6.03. The van der Waals surface area contributed by atoms with E-state index in [1.807, 2.05) is 0 Å². The van der Waals surface area contributed by atoms with Crippen LogP contribution in [0.25, 0.3) is 0 Å². The van der Waals surface area contributed by atoms with Gasteiger partial charge in [0.25, 0.3) is 0 Å². The molecule has 0 aromatic heterocycles. The molecule has 16 heavy (non-hydrogen) atoms. The average Bonchev–Trinajstić information content (AvgIpc) is 2.75. The van der Waals surface area contributed by atoms with Gasteiger partial charge in [-0.2, -0.15) is 11.8 Å². The van der Waals surface area contributed by atoms with Crippen LogP contribution in [0.3, 0.4) is 0 Å².